The molecule has 6 aromatic heterocycles. The highest BCUT2D eigenvalue weighted by Gasteiger charge is 2.33. The van der Waals surface area contributed by atoms with Gasteiger partial charge in [0.2, 0.25) is 17.8 Å². The summed E-state index contributed by atoms with van der Waals surface area (Å²) in [7, 11) is 4.73. The molecule has 9 N–H and O–H groups in total. The molecule has 15 rings (SSSR count). The van der Waals surface area contributed by atoms with Crippen LogP contribution in [-0.4, -0.2) is 285 Å². The number of likely N-dealkylation sites (tertiary alicyclic amines) is 2. The quantitative estimate of drug-likeness (QED) is 0.0483. The Morgan fingerprint density at radius 2 is 0.720 bits per heavy atom. The Labute approximate surface area is 680 Å². The Morgan fingerprint density at radius 3 is 1.00 bits per heavy atom. The van der Waals surface area contributed by atoms with Gasteiger partial charge in [0.05, 0.1) is 110 Å². The molecule has 6 aliphatic heterocycles. The monoisotopic (exact) mass is 1630 g/mol. The summed E-state index contributed by atoms with van der Waals surface area (Å²) in [6.45, 7) is 19.1. The van der Waals surface area contributed by atoms with E-state index in [0.717, 1.165) is 124 Å². The number of carbonyl (C=O) groups excluding carboxylic acids is 7. The van der Waals surface area contributed by atoms with Gasteiger partial charge in [0, 0.05) is 134 Å². The molecule has 39 heteroatoms. The van der Waals surface area contributed by atoms with Gasteiger partial charge in [-0.25, -0.2) is 48.2 Å². The van der Waals surface area contributed by atoms with Gasteiger partial charge in [-0.1, -0.05) is 36.4 Å². The van der Waals surface area contributed by atoms with Crippen LogP contribution in [0.5, 0.6) is 0 Å². The highest BCUT2D eigenvalue weighted by Crippen LogP contribution is 2.37. The average molecular weight is 1630 g/mol. The average Bonchev–Trinajstić information content (AvgIpc) is 1.60. The number of anilines is 6. The van der Waals surface area contributed by atoms with Crippen molar-refractivity contribution in [2.24, 2.45) is 0 Å². The van der Waals surface area contributed by atoms with Crippen molar-refractivity contribution in [1.29, 1.82) is 0 Å². The molecule has 0 saturated carbocycles. The van der Waals surface area contributed by atoms with E-state index in [2.05, 4.69) is 61.3 Å². The van der Waals surface area contributed by atoms with E-state index in [4.69, 9.17) is 69.3 Å². The van der Waals surface area contributed by atoms with E-state index in [1.165, 1.54) is 27.7 Å². The van der Waals surface area contributed by atoms with E-state index >= 15 is 0 Å². The van der Waals surface area contributed by atoms with Crippen molar-refractivity contribution < 1.29 is 72.3 Å². The number of benzene rings is 3. The summed E-state index contributed by atoms with van der Waals surface area (Å²) >= 11 is 0. The summed E-state index contributed by atoms with van der Waals surface area (Å²) in [6, 6.07) is 22.4. The van der Waals surface area contributed by atoms with E-state index < -0.39 is 36.2 Å². The fraction of sp³-hybridized carbons (Fsp3) is 0.481. The van der Waals surface area contributed by atoms with Gasteiger partial charge in [0.1, 0.15) is 6.10 Å². The summed E-state index contributed by atoms with van der Waals surface area (Å²) in [6.07, 6.45) is 7.55. The number of aliphatic hydroxyl groups is 1. The highest BCUT2D eigenvalue weighted by atomic mass is 16.6. The molecule has 0 aliphatic carbocycles. The number of morpholine rings is 3. The Kier molecular flexibility index (Phi) is 28.8. The Balaban J connectivity index is 0.000000155. The number of hydrogen-bond donors (Lipinski definition) is 9. The fourth-order valence-electron chi connectivity index (χ4n) is 14.5. The Bertz CT molecular complexity index is 4970. The first-order valence-electron chi connectivity index (χ1n) is 39.6. The molecule has 39 nitrogen and oxygen atoms in total. The van der Waals surface area contributed by atoms with Crippen LogP contribution in [0.2, 0.25) is 0 Å². The summed E-state index contributed by atoms with van der Waals surface area (Å²) in [5.74, 6) is -0.661. The Morgan fingerprint density at radius 1 is 0.424 bits per heavy atom. The van der Waals surface area contributed by atoms with Crippen LogP contribution < -0.4 is 51.9 Å². The lowest BCUT2D eigenvalue weighted by atomic mass is 10.0. The summed E-state index contributed by atoms with van der Waals surface area (Å²) in [4.78, 5) is 131. The molecule has 12 heterocycles. The van der Waals surface area contributed by atoms with Crippen LogP contribution in [0.25, 0.3) is 66.9 Å². The minimum Gasteiger partial charge on any atom is -0.479 e. The third-order valence-electron chi connectivity index (χ3n) is 20.8. The third-order valence-corrected chi connectivity index (χ3v) is 20.8. The molecule has 0 spiro atoms. The zero-order valence-electron chi connectivity index (χ0n) is 67.4. The topological polar surface area (TPSA) is 454 Å². The number of nitrogens with zero attached hydrogens (tertiary/aromatic N) is 17. The number of fused-ring (bicyclic) bond motifs is 3. The van der Waals surface area contributed by atoms with Gasteiger partial charge < -0.3 is 95.6 Å². The fourth-order valence-corrected chi connectivity index (χ4v) is 14.5. The third kappa shape index (κ3) is 21.3. The van der Waals surface area contributed by atoms with Gasteiger partial charge in [0.15, 0.2) is 29.1 Å². The van der Waals surface area contributed by atoms with Crippen molar-refractivity contribution in [1.82, 2.24) is 90.3 Å². The number of esters is 2. The van der Waals surface area contributed by atoms with Gasteiger partial charge in [-0.3, -0.25) is 19.2 Å². The lowest BCUT2D eigenvalue weighted by Gasteiger charge is -2.33. The van der Waals surface area contributed by atoms with Crippen LogP contribution >= 0.6 is 0 Å². The zero-order chi connectivity index (χ0) is 83.5. The van der Waals surface area contributed by atoms with Gasteiger partial charge in [0.25, 0.3) is 11.8 Å². The van der Waals surface area contributed by atoms with E-state index in [9.17, 15) is 43.5 Å². The second kappa shape index (κ2) is 40.0. The smallest absolute Gasteiger partial charge is 0.344 e. The zero-order valence-corrected chi connectivity index (χ0v) is 67.4. The van der Waals surface area contributed by atoms with Crippen molar-refractivity contribution in [3.8, 4) is 33.8 Å². The number of amides is 8. The molecule has 118 heavy (non-hydrogen) atoms. The lowest BCUT2D eigenvalue weighted by Crippen LogP contribution is -2.44. The molecular weight excluding hydrogens is 1530 g/mol. The predicted octanol–water partition coefficient (Wildman–Crippen LogP) is 5.85. The number of aliphatic carboxylic acids is 1. The maximum Gasteiger partial charge on any atom is 0.344 e. The largest absolute Gasteiger partial charge is 0.479 e. The van der Waals surface area contributed by atoms with Crippen molar-refractivity contribution >= 4 is 116 Å². The van der Waals surface area contributed by atoms with Gasteiger partial charge in [-0.15, -0.1) is 0 Å². The molecule has 8 amide bonds. The van der Waals surface area contributed by atoms with Crippen LogP contribution in [-0.2, 0) is 47.7 Å². The maximum absolute atomic E-state index is 12.7. The molecule has 6 aliphatic rings. The summed E-state index contributed by atoms with van der Waals surface area (Å²) in [5, 5.41) is 54.0. The van der Waals surface area contributed by atoms with Crippen LogP contribution in [0.3, 0.4) is 0 Å². The first kappa shape index (κ1) is 85.1. The van der Waals surface area contributed by atoms with Crippen LogP contribution in [0, 0.1) is 0 Å². The molecule has 0 unspecified atom stereocenters. The van der Waals surface area contributed by atoms with E-state index in [1.807, 2.05) is 88.4 Å². The second-order valence-electron chi connectivity index (χ2n) is 28.9. The molecule has 6 saturated heterocycles. The lowest BCUT2D eigenvalue weighted by molar-refractivity contribution is -0.161. The van der Waals surface area contributed by atoms with Crippen molar-refractivity contribution in [2.75, 3.05) is 170 Å². The number of carbonyl (C=O) groups is 8. The number of carboxylic acids is 1. The molecule has 3 atom stereocenters. The molecule has 3 aromatic carbocycles. The molecule has 0 radical (unpaired) electrons. The van der Waals surface area contributed by atoms with E-state index in [1.54, 1.807) is 50.3 Å². The van der Waals surface area contributed by atoms with Crippen LogP contribution in [0.1, 0.15) is 91.3 Å². The first-order valence-corrected chi connectivity index (χ1v) is 39.6. The predicted molar refractivity (Wildman–Crippen MR) is 438 cm³/mol. The minimum absolute atomic E-state index is 0.0463. The maximum atomic E-state index is 12.7. The van der Waals surface area contributed by atoms with Gasteiger partial charge in [-0.05, 0) is 109 Å². The standard InChI is InChI=1S/C27H34N8O5.C25H32N8O4.C22H28N8O2.C5H8O4/c1-17(40-18(2)36)25(37)33-10-8-21(9-11-33)35-24-22(16-29-35)23(31-26(32-24)34-12-14-39-15-13-34)19-4-6-20(7-5-19)30-27(38)28-3;1-16(34)23(35)31-9-7-19(8-10-31)33-22-20(15-27-33)21(29-24(30-22)32-11-13-37-14-12-32)17-3-5-18(6-4-17)28-25(36)26-2;1-23-22(31)26-16-4-2-15(3-5-16)19-18-14-25-30(17-6-8-24-9-7-17)20(18)28-21(27-19)29-10-12-32-13-11-29;1-3(5(7)8)9-4(2)6/h4-7,16-17,21H,8-15H2,1-3H3,(H2,28,30,38);3-6,15-16,19,34H,7-14H2,1-2H3,(H2,26,28,36);2-5,14,17,24H,6-13H2,1H3,(H2,23,26,31);3H,1-2H3,(H,7,8)/t17-;16-;;3-/m00.0/s1. The van der Waals surface area contributed by atoms with Crippen LogP contribution in [0.15, 0.2) is 91.4 Å². The molecule has 6 fully saturated rings. The summed E-state index contributed by atoms with van der Waals surface area (Å²) < 4.78 is 31.9. The number of urea groups is 3. The molecule has 628 valence electrons. The normalized spacial score (nSPS) is 16.9. The second-order valence-corrected chi connectivity index (χ2v) is 28.9. The molecular formula is C79H102N24O15. The van der Waals surface area contributed by atoms with Crippen LogP contribution in [0.4, 0.5) is 49.3 Å². The molecule has 0 bridgehead atoms. The van der Waals surface area contributed by atoms with Gasteiger partial charge in [-0.2, -0.15) is 30.2 Å². The highest BCUT2D eigenvalue weighted by molar-refractivity contribution is 5.96. The number of rotatable bonds is 17. The Hall–Kier alpha value is -12.3. The van der Waals surface area contributed by atoms with Crippen molar-refractivity contribution in [2.45, 2.75) is 110 Å². The number of hydrogen-bond acceptors (Lipinski definition) is 27. The number of aliphatic hydroxyl groups excluding tert-OH is 1. The number of piperidine rings is 3. The SMILES string of the molecule is CC(=O)O[C@@H](C)C(=O)O.CNC(=O)Nc1ccc(-c2nc(N3CCOCC3)nc3c2cnn3C2CCN(C(=O)[C@H](C)O)CC2)cc1.CNC(=O)Nc1ccc(-c2nc(N3CCOCC3)nc3c2cnn3C2CCN(C(=O)[C@H](C)OC(C)=O)CC2)cc1.CNC(=O)Nc1ccc(-c2nc(N3CCOCC3)nc3c2cnn3C2CCNCC2)cc1. The minimum atomic E-state index is -1.13. The van der Waals surface area contributed by atoms with E-state index in [0.29, 0.717) is 140 Å². The number of nitrogens with one attached hydrogen (secondary N) is 7. The number of aromatic nitrogens is 12. The van der Waals surface area contributed by atoms with E-state index in [-0.39, 0.29) is 42.0 Å². The number of ether oxygens (including phenoxy) is 5. The van der Waals surface area contributed by atoms with Gasteiger partial charge >= 0.3 is 36.0 Å². The molecule has 9 aromatic rings. The number of carboxylic acid groups (broad SMARTS) is 1. The van der Waals surface area contributed by atoms with Crippen molar-refractivity contribution in [3.05, 3.63) is 91.4 Å². The van der Waals surface area contributed by atoms with Crippen molar-refractivity contribution in [3.63, 3.8) is 0 Å². The first-order chi connectivity index (χ1) is 57.0. The summed E-state index contributed by atoms with van der Waals surface area (Å²) in [5.41, 5.74) is 9.52.